The zero-order valence-electron chi connectivity index (χ0n) is 16.0. The molecular formula is C22H24N4O2. The van der Waals surface area contributed by atoms with Crippen LogP contribution < -0.4 is 9.64 Å². The first kappa shape index (κ1) is 16.4. The Morgan fingerprint density at radius 3 is 2.75 bits per heavy atom. The van der Waals surface area contributed by atoms with Crippen LogP contribution in [0.15, 0.2) is 36.5 Å². The molecule has 6 heteroatoms. The van der Waals surface area contributed by atoms with Crippen LogP contribution in [-0.4, -0.2) is 46.1 Å². The Morgan fingerprint density at radius 1 is 1.14 bits per heavy atom. The van der Waals surface area contributed by atoms with Crippen molar-refractivity contribution in [2.45, 2.75) is 50.4 Å². The third kappa shape index (κ3) is 2.83. The molecule has 0 spiro atoms. The van der Waals surface area contributed by atoms with Crippen LogP contribution in [0.3, 0.4) is 0 Å². The zero-order chi connectivity index (χ0) is 18.7. The predicted molar refractivity (Wildman–Crippen MR) is 108 cm³/mol. The maximum absolute atomic E-state index is 6.15. The monoisotopic (exact) mass is 376 g/mol. The van der Waals surface area contributed by atoms with Crippen molar-refractivity contribution >= 4 is 16.7 Å². The summed E-state index contributed by atoms with van der Waals surface area (Å²) < 4.78 is 12.1. The topological polar surface area (TPSA) is 63.3 Å². The highest BCUT2D eigenvalue weighted by Crippen LogP contribution is 2.40. The van der Waals surface area contributed by atoms with Crippen molar-refractivity contribution in [3.05, 3.63) is 36.5 Å². The standard InChI is InChI=1S/C22H24N4O2/c1-22(7-8-22)28-15-4-5-19-18(11-15)21(25-24-19)14-6-9-23-20(10-14)26-12-16-2-3-17(13-26)27-16/h4-6,9-11,16-17H,2-3,7-8,12-13H2,1H3,(H,24,25). The number of aromatic amines is 1. The average Bonchev–Trinajstić information content (AvgIpc) is 3.14. The van der Waals surface area contributed by atoms with Crippen molar-refractivity contribution in [3.63, 3.8) is 0 Å². The van der Waals surface area contributed by atoms with Gasteiger partial charge >= 0.3 is 0 Å². The quantitative estimate of drug-likeness (QED) is 0.748. The van der Waals surface area contributed by atoms with E-state index >= 15 is 0 Å². The van der Waals surface area contributed by atoms with Crippen LogP contribution in [0.1, 0.15) is 32.6 Å². The van der Waals surface area contributed by atoms with Crippen LogP contribution in [0.4, 0.5) is 5.82 Å². The summed E-state index contributed by atoms with van der Waals surface area (Å²) in [7, 11) is 0. The van der Waals surface area contributed by atoms with Gasteiger partial charge in [0.2, 0.25) is 0 Å². The number of ether oxygens (including phenoxy) is 2. The fourth-order valence-corrected chi connectivity index (χ4v) is 4.38. The fraction of sp³-hybridized carbons (Fsp3) is 0.455. The van der Waals surface area contributed by atoms with Gasteiger partial charge in [0.1, 0.15) is 22.9 Å². The predicted octanol–water partition coefficient (Wildman–Crippen LogP) is 3.92. The highest BCUT2D eigenvalue weighted by atomic mass is 16.5. The molecule has 1 N–H and O–H groups in total. The maximum atomic E-state index is 6.15. The second-order valence-electron chi connectivity index (χ2n) is 8.60. The molecule has 3 fully saturated rings. The smallest absolute Gasteiger partial charge is 0.129 e. The Kier molecular flexibility index (Phi) is 3.48. The van der Waals surface area contributed by atoms with Crippen molar-refractivity contribution in [1.29, 1.82) is 0 Å². The molecular weight excluding hydrogens is 352 g/mol. The summed E-state index contributed by atoms with van der Waals surface area (Å²) in [5.74, 6) is 1.92. The number of nitrogens with one attached hydrogen (secondary N) is 1. The molecule has 6 rings (SSSR count). The molecule has 3 aromatic rings. The lowest BCUT2D eigenvalue weighted by atomic mass is 10.1. The number of hydrogen-bond acceptors (Lipinski definition) is 5. The molecule has 2 bridgehead atoms. The van der Waals surface area contributed by atoms with E-state index in [1.54, 1.807) is 0 Å². The highest BCUT2D eigenvalue weighted by molar-refractivity contribution is 5.94. The van der Waals surface area contributed by atoms with Gasteiger partial charge in [0.05, 0.1) is 17.7 Å². The van der Waals surface area contributed by atoms with Gasteiger partial charge in [0, 0.05) is 30.2 Å². The molecule has 1 aliphatic carbocycles. The number of rotatable bonds is 4. The molecule has 1 aromatic carbocycles. The first-order chi connectivity index (χ1) is 13.7. The van der Waals surface area contributed by atoms with E-state index in [2.05, 4.69) is 45.2 Å². The Hall–Kier alpha value is -2.60. The van der Waals surface area contributed by atoms with E-state index in [-0.39, 0.29) is 5.60 Å². The number of H-pyrrole nitrogens is 1. The summed E-state index contributed by atoms with van der Waals surface area (Å²) in [6.07, 6.45) is 7.14. The van der Waals surface area contributed by atoms with Crippen molar-refractivity contribution < 1.29 is 9.47 Å². The van der Waals surface area contributed by atoms with Gasteiger partial charge in [-0.15, -0.1) is 0 Å². The molecule has 2 atom stereocenters. The van der Waals surface area contributed by atoms with Crippen LogP contribution in [0, 0.1) is 0 Å². The Balaban J connectivity index is 1.34. The molecule has 0 radical (unpaired) electrons. The van der Waals surface area contributed by atoms with E-state index in [0.29, 0.717) is 12.2 Å². The Labute approximate surface area is 163 Å². The molecule has 1 saturated carbocycles. The summed E-state index contributed by atoms with van der Waals surface area (Å²) in [5.41, 5.74) is 3.05. The lowest BCUT2D eigenvalue weighted by Gasteiger charge is -2.33. The van der Waals surface area contributed by atoms with Gasteiger partial charge in [0.15, 0.2) is 0 Å². The van der Waals surface area contributed by atoms with Crippen LogP contribution >= 0.6 is 0 Å². The van der Waals surface area contributed by atoms with E-state index in [9.17, 15) is 0 Å². The van der Waals surface area contributed by atoms with Gasteiger partial charge in [-0.2, -0.15) is 5.10 Å². The van der Waals surface area contributed by atoms with Crippen LogP contribution in [0.25, 0.3) is 22.2 Å². The normalized spacial score (nSPS) is 25.2. The van der Waals surface area contributed by atoms with E-state index in [1.165, 1.54) is 0 Å². The molecule has 2 aliphatic heterocycles. The number of fused-ring (bicyclic) bond motifs is 3. The minimum absolute atomic E-state index is 0.0110. The largest absolute Gasteiger partial charge is 0.488 e. The molecule has 4 heterocycles. The van der Waals surface area contributed by atoms with Crippen molar-refractivity contribution in [2.75, 3.05) is 18.0 Å². The number of morpholine rings is 1. The number of anilines is 1. The molecule has 0 amide bonds. The van der Waals surface area contributed by atoms with Crippen LogP contribution in [0.2, 0.25) is 0 Å². The number of benzene rings is 1. The third-order valence-electron chi connectivity index (χ3n) is 6.24. The van der Waals surface area contributed by atoms with E-state index in [4.69, 9.17) is 9.47 Å². The average molecular weight is 376 g/mol. The summed E-state index contributed by atoms with van der Waals surface area (Å²) in [6, 6.07) is 10.4. The molecule has 2 saturated heterocycles. The van der Waals surface area contributed by atoms with Crippen molar-refractivity contribution in [1.82, 2.24) is 15.2 Å². The van der Waals surface area contributed by atoms with E-state index in [1.807, 2.05) is 18.3 Å². The zero-order valence-corrected chi connectivity index (χ0v) is 16.0. The molecule has 28 heavy (non-hydrogen) atoms. The number of aromatic nitrogens is 3. The summed E-state index contributed by atoms with van der Waals surface area (Å²) in [5, 5.41) is 8.84. The second kappa shape index (κ2) is 5.95. The minimum atomic E-state index is 0.0110. The summed E-state index contributed by atoms with van der Waals surface area (Å²) in [4.78, 5) is 6.99. The SMILES string of the molecule is CC1(Oc2ccc3[nH]nc(-c4ccnc(N5CC6CCC(C5)O6)c4)c3c2)CC1. The van der Waals surface area contributed by atoms with Gasteiger partial charge in [-0.1, -0.05) is 0 Å². The second-order valence-corrected chi connectivity index (χ2v) is 8.60. The van der Waals surface area contributed by atoms with Gasteiger partial charge in [-0.3, -0.25) is 5.10 Å². The highest BCUT2D eigenvalue weighted by Gasteiger charge is 2.40. The number of nitrogens with zero attached hydrogens (tertiary/aromatic N) is 3. The number of pyridine rings is 1. The maximum Gasteiger partial charge on any atom is 0.129 e. The third-order valence-corrected chi connectivity index (χ3v) is 6.24. The van der Waals surface area contributed by atoms with Crippen molar-refractivity contribution in [2.24, 2.45) is 0 Å². The number of hydrogen-bond donors (Lipinski definition) is 1. The molecule has 3 aliphatic rings. The Bertz CT molecular complexity index is 1030. The first-order valence-corrected chi connectivity index (χ1v) is 10.2. The first-order valence-electron chi connectivity index (χ1n) is 10.2. The minimum Gasteiger partial charge on any atom is -0.488 e. The van der Waals surface area contributed by atoms with Gasteiger partial charge in [-0.25, -0.2) is 4.98 Å². The Morgan fingerprint density at radius 2 is 1.96 bits per heavy atom. The van der Waals surface area contributed by atoms with Crippen molar-refractivity contribution in [3.8, 4) is 17.0 Å². The summed E-state index contributed by atoms with van der Waals surface area (Å²) >= 11 is 0. The molecule has 6 nitrogen and oxygen atoms in total. The molecule has 2 aromatic heterocycles. The van der Waals surface area contributed by atoms with Crippen LogP contribution in [-0.2, 0) is 4.74 Å². The molecule has 2 unspecified atom stereocenters. The van der Waals surface area contributed by atoms with E-state index < -0.39 is 0 Å². The van der Waals surface area contributed by atoms with E-state index in [0.717, 1.165) is 72.5 Å². The van der Waals surface area contributed by atoms with Gasteiger partial charge < -0.3 is 14.4 Å². The van der Waals surface area contributed by atoms with Gasteiger partial charge in [-0.05, 0) is 62.9 Å². The lowest BCUT2D eigenvalue weighted by Crippen LogP contribution is -2.43. The fourth-order valence-electron chi connectivity index (χ4n) is 4.38. The summed E-state index contributed by atoms with van der Waals surface area (Å²) in [6.45, 7) is 4.01. The van der Waals surface area contributed by atoms with Crippen LogP contribution in [0.5, 0.6) is 5.75 Å². The van der Waals surface area contributed by atoms with Gasteiger partial charge in [0.25, 0.3) is 0 Å². The molecule has 144 valence electrons. The lowest BCUT2D eigenvalue weighted by molar-refractivity contribution is 0.0302.